The van der Waals surface area contributed by atoms with Crippen molar-refractivity contribution in [3.63, 3.8) is 0 Å². The summed E-state index contributed by atoms with van der Waals surface area (Å²) in [5.74, 6) is 1.49. The second-order valence-electron chi connectivity index (χ2n) is 5.19. The minimum absolute atomic E-state index is 0.0418. The second-order valence-corrected chi connectivity index (χ2v) is 7.12. The number of hydrogen-bond acceptors (Lipinski definition) is 5. The predicted octanol–water partition coefficient (Wildman–Crippen LogP) is 3.62. The highest BCUT2D eigenvalue weighted by Gasteiger charge is 2.06. The van der Waals surface area contributed by atoms with Gasteiger partial charge in [-0.2, -0.15) is 0 Å². The summed E-state index contributed by atoms with van der Waals surface area (Å²) in [5, 5.41) is 5.68. The Balaban J connectivity index is 1.72. The van der Waals surface area contributed by atoms with Gasteiger partial charge in [-0.25, -0.2) is 9.37 Å². The number of aromatic nitrogens is 1. The zero-order valence-corrected chi connectivity index (χ0v) is 14.7. The van der Waals surface area contributed by atoms with E-state index in [2.05, 4.69) is 10.3 Å². The van der Waals surface area contributed by atoms with Gasteiger partial charge < -0.3 is 10.1 Å². The molecule has 2 aromatic rings. The normalized spacial score (nSPS) is 10.8. The van der Waals surface area contributed by atoms with Crippen molar-refractivity contribution in [1.29, 1.82) is 0 Å². The maximum atomic E-state index is 12.8. The maximum absolute atomic E-state index is 12.8. The molecule has 0 spiro atoms. The van der Waals surface area contributed by atoms with Crippen molar-refractivity contribution in [2.75, 3.05) is 5.75 Å². The topological polar surface area (TPSA) is 51.2 Å². The Kier molecular flexibility index (Phi) is 6.85. The smallest absolute Gasteiger partial charge is 0.230 e. The maximum Gasteiger partial charge on any atom is 0.230 e. The summed E-state index contributed by atoms with van der Waals surface area (Å²) in [7, 11) is 0. The van der Waals surface area contributed by atoms with E-state index in [1.165, 1.54) is 35.2 Å². The van der Waals surface area contributed by atoms with Crippen molar-refractivity contribution in [3.05, 3.63) is 46.2 Å². The monoisotopic (exact) mass is 354 g/mol. The van der Waals surface area contributed by atoms with Gasteiger partial charge in [0.05, 0.1) is 11.4 Å². The molecule has 1 amide bonds. The summed E-state index contributed by atoms with van der Waals surface area (Å²) < 4.78 is 18.4. The van der Waals surface area contributed by atoms with Crippen molar-refractivity contribution < 1.29 is 13.9 Å². The molecule has 0 radical (unpaired) electrons. The van der Waals surface area contributed by atoms with E-state index < -0.39 is 0 Å². The number of carbonyl (C=O) groups excluding carboxylic acids is 1. The van der Waals surface area contributed by atoms with Crippen LogP contribution in [-0.4, -0.2) is 22.7 Å². The van der Waals surface area contributed by atoms with Crippen LogP contribution in [0.25, 0.3) is 0 Å². The number of halogens is 1. The van der Waals surface area contributed by atoms with Crippen LogP contribution in [0.3, 0.4) is 0 Å². The van der Waals surface area contributed by atoms with Gasteiger partial charge in [0.15, 0.2) is 0 Å². The largest absolute Gasteiger partial charge is 0.486 e. The third kappa shape index (κ3) is 6.58. The molecule has 0 bridgehead atoms. The number of ether oxygens (including phenoxy) is 1. The number of amides is 1. The molecule has 23 heavy (non-hydrogen) atoms. The summed E-state index contributed by atoms with van der Waals surface area (Å²) in [6.07, 6.45) is 0. The minimum atomic E-state index is -0.285. The molecule has 0 aliphatic rings. The van der Waals surface area contributed by atoms with Crippen molar-refractivity contribution in [1.82, 2.24) is 10.3 Å². The quantitative estimate of drug-likeness (QED) is 0.787. The first-order valence-electron chi connectivity index (χ1n) is 7.21. The Morgan fingerprint density at radius 1 is 1.39 bits per heavy atom. The molecule has 7 heteroatoms. The molecular weight excluding hydrogens is 335 g/mol. The lowest BCUT2D eigenvalue weighted by Crippen LogP contribution is -2.31. The molecule has 4 nitrogen and oxygen atoms in total. The summed E-state index contributed by atoms with van der Waals surface area (Å²) >= 11 is 3.05. The molecule has 124 valence electrons. The van der Waals surface area contributed by atoms with Crippen LogP contribution in [0.4, 0.5) is 4.39 Å². The van der Waals surface area contributed by atoms with Crippen LogP contribution in [0, 0.1) is 5.82 Å². The molecule has 1 aromatic carbocycles. The fourth-order valence-electron chi connectivity index (χ4n) is 1.77. The number of benzene rings is 1. The highest BCUT2D eigenvalue weighted by molar-refractivity contribution is 7.99. The van der Waals surface area contributed by atoms with Gasteiger partial charge in [-0.3, -0.25) is 4.79 Å². The van der Waals surface area contributed by atoms with Crippen LogP contribution >= 0.6 is 23.1 Å². The number of thiazole rings is 1. The van der Waals surface area contributed by atoms with E-state index in [1.54, 1.807) is 12.1 Å². The van der Waals surface area contributed by atoms with Gasteiger partial charge in [0.2, 0.25) is 5.91 Å². The van der Waals surface area contributed by atoms with Crippen molar-refractivity contribution in [2.24, 2.45) is 0 Å². The van der Waals surface area contributed by atoms with Gasteiger partial charge >= 0.3 is 0 Å². The van der Waals surface area contributed by atoms with Crippen LogP contribution in [0.1, 0.15) is 24.5 Å². The first kappa shape index (κ1) is 17.7. The van der Waals surface area contributed by atoms with Gasteiger partial charge in [0.1, 0.15) is 23.2 Å². The van der Waals surface area contributed by atoms with Crippen LogP contribution in [-0.2, 0) is 17.2 Å². The first-order chi connectivity index (χ1) is 11.0. The molecule has 1 N–H and O–H groups in total. The fraction of sp³-hybridized carbons (Fsp3) is 0.375. The van der Waals surface area contributed by atoms with E-state index in [1.807, 2.05) is 19.2 Å². The van der Waals surface area contributed by atoms with Crippen LogP contribution in [0.5, 0.6) is 5.75 Å². The number of nitrogens with one attached hydrogen (secondary N) is 1. The molecule has 0 fully saturated rings. The van der Waals surface area contributed by atoms with Crippen molar-refractivity contribution in [2.45, 2.75) is 32.2 Å². The van der Waals surface area contributed by atoms with Gasteiger partial charge in [0.25, 0.3) is 0 Å². The first-order valence-corrected chi connectivity index (χ1v) is 9.25. The molecular formula is C16H19FN2O2S2. The van der Waals surface area contributed by atoms with Gasteiger partial charge in [-0.1, -0.05) is 0 Å². The van der Waals surface area contributed by atoms with E-state index in [-0.39, 0.29) is 17.8 Å². The number of thioether (sulfide) groups is 1. The molecule has 0 aliphatic carbocycles. The van der Waals surface area contributed by atoms with Gasteiger partial charge in [-0.15, -0.1) is 23.1 Å². The average Bonchev–Trinajstić information content (AvgIpc) is 2.94. The highest BCUT2D eigenvalue weighted by atomic mass is 32.2. The van der Waals surface area contributed by atoms with Crippen molar-refractivity contribution >= 4 is 29.0 Å². The number of hydrogen-bond donors (Lipinski definition) is 1. The molecule has 2 rings (SSSR count). The molecule has 1 heterocycles. The SMILES string of the molecule is CC(C)NC(=O)CSCc1csc(COc2ccc(F)cc2)n1. The lowest BCUT2D eigenvalue weighted by molar-refractivity contribution is -0.119. The van der Waals surface area contributed by atoms with E-state index >= 15 is 0 Å². The van der Waals surface area contributed by atoms with Crippen molar-refractivity contribution in [3.8, 4) is 5.75 Å². The fourth-order valence-corrected chi connectivity index (χ4v) is 3.31. The second kappa shape index (κ2) is 8.88. The molecule has 0 aliphatic heterocycles. The average molecular weight is 354 g/mol. The Bertz CT molecular complexity index is 629. The lowest BCUT2D eigenvalue weighted by Gasteiger charge is -2.07. The Morgan fingerprint density at radius 2 is 2.13 bits per heavy atom. The number of nitrogens with zero attached hydrogens (tertiary/aromatic N) is 1. The molecule has 1 aromatic heterocycles. The third-order valence-corrected chi connectivity index (χ3v) is 4.55. The molecule has 0 unspecified atom stereocenters. The number of carbonyl (C=O) groups is 1. The standard InChI is InChI=1S/C16H19FN2O2S2/c1-11(2)18-15(20)10-22-8-13-9-23-16(19-13)7-21-14-5-3-12(17)4-6-14/h3-6,9,11H,7-8,10H2,1-2H3,(H,18,20). The molecule has 0 saturated carbocycles. The Hall–Kier alpha value is -1.60. The zero-order chi connectivity index (χ0) is 16.7. The van der Waals surface area contributed by atoms with E-state index in [9.17, 15) is 9.18 Å². The highest BCUT2D eigenvalue weighted by Crippen LogP contribution is 2.18. The predicted molar refractivity (Wildman–Crippen MR) is 92.3 cm³/mol. The van der Waals surface area contributed by atoms with Crippen LogP contribution in [0.15, 0.2) is 29.6 Å². The van der Waals surface area contributed by atoms with Gasteiger partial charge in [-0.05, 0) is 38.1 Å². The summed E-state index contributed by atoms with van der Waals surface area (Å²) in [6, 6.07) is 6.07. The van der Waals surface area contributed by atoms with E-state index in [0.717, 1.165) is 10.7 Å². The van der Waals surface area contributed by atoms with Crippen LogP contribution < -0.4 is 10.1 Å². The molecule has 0 atom stereocenters. The summed E-state index contributed by atoms with van der Waals surface area (Å²) in [4.78, 5) is 16.0. The third-order valence-electron chi connectivity index (χ3n) is 2.71. The molecule has 0 saturated heterocycles. The van der Waals surface area contributed by atoms with E-state index in [4.69, 9.17) is 4.74 Å². The Labute approximate surface area is 143 Å². The van der Waals surface area contributed by atoms with Crippen LogP contribution in [0.2, 0.25) is 0 Å². The van der Waals surface area contributed by atoms with E-state index in [0.29, 0.717) is 23.9 Å². The zero-order valence-electron chi connectivity index (χ0n) is 13.0. The summed E-state index contributed by atoms with van der Waals surface area (Å²) in [6.45, 7) is 4.24. The lowest BCUT2D eigenvalue weighted by atomic mass is 10.3. The summed E-state index contributed by atoms with van der Waals surface area (Å²) in [5.41, 5.74) is 0.940. The van der Waals surface area contributed by atoms with Gasteiger partial charge in [0, 0.05) is 17.2 Å². The Morgan fingerprint density at radius 3 is 2.83 bits per heavy atom. The number of rotatable bonds is 8. The minimum Gasteiger partial charge on any atom is -0.486 e.